The van der Waals surface area contributed by atoms with E-state index < -0.39 is 5.54 Å². The molecule has 0 spiro atoms. The van der Waals surface area contributed by atoms with E-state index in [1.54, 1.807) is 0 Å². The lowest BCUT2D eigenvalue weighted by Gasteiger charge is -2.17. The van der Waals surface area contributed by atoms with E-state index in [9.17, 15) is 4.79 Å². The van der Waals surface area contributed by atoms with Gasteiger partial charge in [-0.05, 0) is 31.6 Å². The number of aliphatic imine (C=N–C) groups is 1. The molecule has 0 amide bonds. The van der Waals surface area contributed by atoms with Gasteiger partial charge in [-0.2, -0.15) is 0 Å². The minimum Gasteiger partial charge on any atom is -0.463 e. The minimum atomic E-state index is -0.506. The molecule has 0 aliphatic rings. The summed E-state index contributed by atoms with van der Waals surface area (Å²) in [5.74, 6) is -0.260. The second kappa shape index (κ2) is 6.28. The van der Waals surface area contributed by atoms with Crippen LogP contribution in [0.1, 0.15) is 19.4 Å². The van der Waals surface area contributed by atoms with Crippen molar-refractivity contribution < 1.29 is 9.53 Å². The lowest BCUT2D eigenvalue weighted by atomic mass is 10.1. The first-order valence-electron chi connectivity index (χ1n) is 5.32. The SMILES string of the molecule is CC(C)(COC(=O)Cc1ccccc1)N=C=S. The number of thiocarbonyl (C=S) groups is 1. The Bertz CT molecular complexity index is 422. The van der Waals surface area contributed by atoms with Gasteiger partial charge in [-0.1, -0.05) is 30.3 Å². The normalized spacial score (nSPS) is 10.5. The van der Waals surface area contributed by atoms with E-state index in [1.165, 1.54) is 0 Å². The highest BCUT2D eigenvalue weighted by atomic mass is 32.1. The first-order chi connectivity index (χ1) is 8.03. The summed E-state index contributed by atoms with van der Waals surface area (Å²) in [7, 11) is 0. The van der Waals surface area contributed by atoms with Crippen molar-refractivity contribution in [3.05, 3.63) is 35.9 Å². The molecule has 0 N–H and O–H groups in total. The third kappa shape index (κ3) is 5.38. The van der Waals surface area contributed by atoms with E-state index in [0.29, 0.717) is 0 Å². The predicted octanol–water partition coefficient (Wildman–Crippen LogP) is 2.65. The highest BCUT2D eigenvalue weighted by Gasteiger charge is 2.18. The fraction of sp³-hybridized carbons (Fsp3) is 0.385. The Labute approximate surface area is 107 Å². The number of nitrogens with zero attached hydrogens (tertiary/aromatic N) is 1. The van der Waals surface area contributed by atoms with Gasteiger partial charge < -0.3 is 4.74 Å². The maximum Gasteiger partial charge on any atom is 0.310 e. The molecule has 0 unspecified atom stereocenters. The standard InChI is InChI=1S/C13H15NO2S/c1-13(2,14-10-17)9-16-12(15)8-11-6-4-3-5-7-11/h3-7H,8-9H2,1-2H3. The predicted molar refractivity (Wildman–Crippen MR) is 70.2 cm³/mol. The zero-order valence-electron chi connectivity index (χ0n) is 9.97. The molecule has 4 heteroatoms. The summed E-state index contributed by atoms with van der Waals surface area (Å²) in [5, 5.41) is 2.30. The van der Waals surface area contributed by atoms with Crippen molar-refractivity contribution in [2.45, 2.75) is 25.8 Å². The summed E-state index contributed by atoms with van der Waals surface area (Å²) in [4.78, 5) is 15.5. The Morgan fingerprint density at radius 3 is 2.65 bits per heavy atom. The van der Waals surface area contributed by atoms with Crippen molar-refractivity contribution >= 4 is 23.3 Å². The summed E-state index contributed by atoms with van der Waals surface area (Å²) in [5.41, 5.74) is 0.433. The molecule has 0 bridgehead atoms. The Kier molecular flexibility index (Phi) is 5.01. The lowest BCUT2D eigenvalue weighted by molar-refractivity contribution is -0.144. The van der Waals surface area contributed by atoms with Crippen LogP contribution in [0.3, 0.4) is 0 Å². The van der Waals surface area contributed by atoms with Crippen molar-refractivity contribution in [2.24, 2.45) is 4.99 Å². The number of hydrogen-bond acceptors (Lipinski definition) is 4. The van der Waals surface area contributed by atoms with Gasteiger partial charge in [0.2, 0.25) is 0 Å². The summed E-state index contributed by atoms with van der Waals surface area (Å²) in [6, 6.07) is 9.47. The topological polar surface area (TPSA) is 38.7 Å². The molecule has 0 saturated heterocycles. The van der Waals surface area contributed by atoms with Crippen LogP contribution in [-0.2, 0) is 16.0 Å². The van der Waals surface area contributed by atoms with Crippen molar-refractivity contribution in [1.82, 2.24) is 0 Å². The average Bonchev–Trinajstić information content (AvgIpc) is 2.28. The number of carbonyl (C=O) groups excluding carboxylic acids is 1. The second-order valence-corrected chi connectivity index (χ2v) is 4.52. The van der Waals surface area contributed by atoms with Gasteiger partial charge in [0.25, 0.3) is 0 Å². The molecule has 0 aromatic heterocycles. The van der Waals surface area contributed by atoms with Gasteiger partial charge in [0.05, 0.1) is 17.1 Å². The van der Waals surface area contributed by atoms with Crippen LogP contribution in [0, 0.1) is 0 Å². The lowest BCUT2D eigenvalue weighted by Crippen LogP contribution is -2.26. The van der Waals surface area contributed by atoms with E-state index in [0.717, 1.165) is 5.56 Å². The molecule has 0 fully saturated rings. The second-order valence-electron chi connectivity index (χ2n) is 4.34. The maximum absolute atomic E-state index is 11.6. The molecule has 17 heavy (non-hydrogen) atoms. The average molecular weight is 249 g/mol. The van der Waals surface area contributed by atoms with Crippen LogP contribution in [0.15, 0.2) is 35.3 Å². The molecular formula is C13H15NO2S. The number of benzene rings is 1. The van der Waals surface area contributed by atoms with E-state index >= 15 is 0 Å². The monoisotopic (exact) mass is 249 g/mol. The number of isothiocyanates is 1. The van der Waals surface area contributed by atoms with E-state index in [2.05, 4.69) is 22.4 Å². The summed E-state index contributed by atoms with van der Waals surface area (Å²) < 4.78 is 5.14. The van der Waals surface area contributed by atoms with Gasteiger partial charge in [-0.25, -0.2) is 4.99 Å². The fourth-order valence-electron chi connectivity index (χ4n) is 1.23. The summed E-state index contributed by atoms with van der Waals surface area (Å²) in [6.07, 6.45) is 0.276. The highest BCUT2D eigenvalue weighted by molar-refractivity contribution is 7.78. The van der Waals surface area contributed by atoms with Gasteiger partial charge in [0.15, 0.2) is 0 Å². The zero-order chi connectivity index (χ0) is 12.7. The van der Waals surface area contributed by atoms with Gasteiger partial charge in [-0.3, -0.25) is 4.79 Å². The quantitative estimate of drug-likeness (QED) is 0.457. The van der Waals surface area contributed by atoms with Crippen molar-refractivity contribution in [1.29, 1.82) is 0 Å². The van der Waals surface area contributed by atoms with Gasteiger partial charge in [0.1, 0.15) is 6.61 Å². The van der Waals surface area contributed by atoms with Crippen molar-refractivity contribution in [3.63, 3.8) is 0 Å². The van der Waals surface area contributed by atoms with Crippen molar-refractivity contribution in [2.75, 3.05) is 6.61 Å². The summed E-state index contributed by atoms with van der Waals surface area (Å²) in [6.45, 7) is 3.88. The van der Waals surface area contributed by atoms with Crippen LogP contribution >= 0.6 is 12.2 Å². The third-order valence-corrected chi connectivity index (χ3v) is 2.22. The van der Waals surface area contributed by atoms with E-state index in [-0.39, 0.29) is 19.0 Å². The van der Waals surface area contributed by atoms with E-state index in [4.69, 9.17) is 4.74 Å². The first-order valence-corrected chi connectivity index (χ1v) is 5.73. The molecule has 0 aliphatic carbocycles. The maximum atomic E-state index is 11.6. The Morgan fingerprint density at radius 1 is 1.41 bits per heavy atom. The van der Waals surface area contributed by atoms with Crippen LogP contribution in [0.4, 0.5) is 0 Å². The fourth-order valence-corrected chi connectivity index (χ4v) is 1.47. The molecular weight excluding hydrogens is 234 g/mol. The summed E-state index contributed by atoms with van der Waals surface area (Å²) >= 11 is 4.53. The molecule has 1 aromatic rings. The molecule has 0 atom stereocenters. The highest BCUT2D eigenvalue weighted by Crippen LogP contribution is 2.09. The Balaban J connectivity index is 2.44. The molecule has 1 rings (SSSR count). The van der Waals surface area contributed by atoms with Gasteiger partial charge in [-0.15, -0.1) is 0 Å². The van der Waals surface area contributed by atoms with Gasteiger partial charge in [0, 0.05) is 0 Å². The number of esters is 1. The van der Waals surface area contributed by atoms with Crippen LogP contribution in [0.25, 0.3) is 0 Å². The van der Waals surface area contributed by atoms with Crippen molar-refractivity contribution in [3.8, 4) is 0 Å². The molecule has 0 aliphatic heterocycles. The van der Waals surface area contributed by atoms with Gasteiger partial charge >= 0.3 is 5.97 Å². The molecule has 90 valence electrons. The molecule has 0 saturated carbocycles. The van der Waals surface area contributed by atoms with E-state index in [1.807, 2.05) is 44.2 Å². The number of ether oxygens (including phenoxy) is 1. The largest absolute Gasteiger partial charge is 0.463 e. The molecule has 3 nitrogen and oxygen atoms in total. The molecule has 0 radical (unpaired) electrons. The first kappa shape index (κ1) is 13.6. The Hall–Kier alpha value is -1.51. The molecule has 1 aromatic carbocycles. The van der Waals surface area contributed by atoms with Crippen LogP contribution in [0.2, 0.25) is 0 Å². The van der Waals surface area contributed by atoms with Crippen LogP contribution in [-0.4, -0.2) is 23.3 Å². The smallest absolute Gasteiger partial charge is 0.310 e. The Morgan fingerprint density at radius 2 is 2.06 bits per heavy atom. The minimum absolute atomic E-state index is 0.211. The molecule has 0 heterocycles. The van der Waals surface area contributed by atoms with Crippen LogP contribution in [0.5, 0.6) is 0 Å². The number of hydrogen-bond donors (Lipinski definition) is 0. The van der Waals surface area contributed by atoms with Crippen LogP contribution < -0.4 is 0 Å². The zero-order valence-corrected chi connectivity index (χ0v) is 10.8. The number of carbonyl (C=O) groups is 1. The third-order valence-electron chi connectivity index (χ3n) is 2.13. The number of rotatable bonds is 5.